The van der Waals surface area contributed by atoms with Gasteiger partial charge in [-0.2, -0.15) is 5.26 Å². The van der Waals surface area contributed by atoms with Crippen LogP contribution in [0, 0.1) is 11.3 Å². The topological polar surface area (TPSA) is 92.8 Å². The second kappa shape index (κ2) is 9.18. The summed E-state index contributed by atoms with van der Waals surface area (Å²) >= 11 is 0. The van der Waals surface area contributed by atoms with E-state index in [-0.39, 0.29) is 11.9 Å². The molecule has 0 unspecified atom stereocenters. The number of carbonyl (C=O) groups is 1. The van der Waals surface area contributed by atoms with Gasteiger partial charge in [0.15, 0.2) is 5.69 Å². The first kappa shape index (κ1) is 19.6. The first-order valence-corrected chi connectivity index (χ1v) is 9.59. The number of carbonyl (C=O) groups excluding carboxylic acids is 1. The Hall–Kier alpha value is -3.14. The summed E-state index contributed by atoms with van der Waals surface area (Å²) in [5.41, 5.74) is 3.11. The molecular formula is C21H25N5O2. The predicted molar refractivity (Wildman–Crippen MR) is 106 cm³/mol. The second-order valence-electron chi connectivity index (χ2n) is 6.91. The highest BCUT2D eigenvalue weighted by molar-refractivity contribution is 5.93. The Kier molecular flexibility index (Phi) is 6.43. The van der Waals surface area contributed by atoms with E-state index in [2.05, 4.69) is 21.7 Å². The van der Waals surface area contributed by atoms with Crippen molar-refractivity contribution < 1.29 is 9.53 Å². The van der Waals surface area contributed by atoms with Crippen LogP contribution >= 0.6 is 0 Å². The van der Waals surface area contributed by atoms with Crippen molar-refractivity contribution in [1.29, 1.82) is 5.26 Å². The third-order valence-corrected chi connectivity index (χ3v) is 4.68. The summed E-state index contributed by atoms with van der Waals surface area (Å²) in [6.07, 6.45) is 5.77. The lowest BCUT2D eigenvalue weighted by Gasteiger charge is -2.10. The van der Waals surface area contributed by atoms with Crippen molar-refractivity contribution in [2.24, 2.45) is 0 Å². The molecule has 7 nitrogen and oxygen atoms in total. The third kappa shape index (κ3) is 4.97. The maximum Gasteiger partial charge on any atom is 0.273 e. The van der Waals surface area contributed by atoms with Gasteiger partial charge in [0.1, 0.15) is 5.75 Å². The maximum atomic E-state index is 12.5. The van der Waals surface area contributed by atoms with E-state index in [0.29, 0.717) is 25.1 Å². The fourth-order valence-corrected chi connectivity index (χ4v) is 2.81. The zero-order chi connectivity index (χ0) is 19.9. The van der Waals surface area contributed by atoms with Gasteiger partial charge in [-0.3, -0.25) is 4.79 Å². The molecular weight excluding hydrogens is 354 g/mol. The molecule has 2 aromatic rings. The Labute approximate surface area is 165 Å². The van der Waals surface area contributed by atoms with E-state index in [9.17, 15) is 4.79 Å². The molecule has 0 bridgehead atoms. The van der Waals surface area contributed by atoms with Gasteiger partial charge in [0.05, 0.1) is 24.8 Å². The van der Waals surface area contributed by atoms with Gasteiger partial charge in [-0.1, -0.05) is 23.4 Å². The Morgan fingerprint density at radius 1 is 1.39 bits per heavy atom. The second-order valence-corrected chi connectivity index (χ2v) is 6.91. The van der Waals surface area contributed by atoms with Crippen LogP contribution in [0.2, 0.25) is 0 Å². The quantitative estimate of drug-likeness (QED) is 0.676. The standard InChI is InChI=1S/C21H25N5O2/c1-3-15(2)26-19(20(24-25-26)21(27)23-17-8-9-17)5-4-14-28-18-10-6-16(7-11-18)12-13-22/h3,6-7,10-11,17H,4-5,8-9,12,14H2,1-2H3,(H,23,27)/b15-3+. The van der Waals surface area contributed by atoms with Gasteiger partial charge in [0.2, 0.25) is 0 Å². The lowest BCUT2D eigenvalue weighted by atomic mass is 10.1. The van der Waals surface area contributed by atoms with E-state index < -0.39 is 0 Å². The molecule has 0 aliphatic heterocycles. The van der Waals surface area contributed by atoms with E-state index in [1.807, 2.05) is 44.2 Å². The summed E-state index contributed by atoms with van der Waals surface area (Å²) in [4.78, 5) is 12.5. The highest BCUT2D eigenvalue weighted by Crippen LogP contribution is 2.21. The van der Waals surface area contributed by atoms with Crippen molar-refractivity contribution in [3.05, 3.63) is 47.3 Å². The van der Waals surface area contributed by atoms with Crippen LogP contribution in [-0.4, -0.2) is 33.5 Å². The molecule has 0 spiro atoms. The molecule has 1 aromatic carbocycles. The number of ether oxygens (including phenoxy) is 1. The molecule has 1 N–H and O–H groups in total. The number of aromatic nitrogens is 3. The largest absolute Gasteiger partial charge is 0.494 e. The molecule has 1 saturated carbocycles. The van der Waals surface area contributed by atoms with Gasteiger partial charge in [-0.25, -0.2) is 4.68 Å². The number of allylic oxidation sites excluding steroid dienone is 2. The molecule has 1 aromatic heterocycles. The number of nitrogens with one attached hydrogen (secondary N) is 1. The van der Waals surface area contributed by atoms with Crippen LogP contribution in [-0.2, 0) is 12.8 Å². The third-order valence-electron chi connectivity index (χ3n) is 4.68. The van der Waals surface area contributed by atoms with Crippen molar-refractivity contribution in [2.75, 3.05) is 6.61 Å². The zero-order valence-corrected chi connectivity index (χ0v) is 16.3. The Bertz CT molecular complexity index is 889. The van der Waals surface area contributed by atoms with E-state index in [4.69, 9.17) is 10.00 Å². The Balaban J connectivity index is 1.61. The van der Waals surface area contributed by atoms with Gasteiger partial charge in [-0.15, -0.1) is 5.10 Å². The molecule has 1 fully saturated rings. The monoisotopic (exact) mass is 379 g/mol. The fourth-order valence-electron chi connectivity index (χ4n) is 2.81. The number of nitrogens with zero attached hydrogens (tertiary/aromatic N) is 4. The van der Waals surface area contributed by atoms with Crippen LogP contribution in [0.25, 0.3) is 5.70 Å². The first-order valence-electron chi connectivity index (χ1n) is 9.59. The Morgan fingerprint density at radius 3 is 2.79 bits per heavy atom. The van der Waals surface area contributed by atoms with Crippen molar-refractivity contribution in [3.63, 3.8) is 0 Å². The summed E-state index contributed by atoms with van der Waals surface area (Å²) in [6.45, 7) is 4.39. The summed E-state index contributed by atoms with van der Waals surface area (Å²) in [5, 5.41) is 20.0. The fraction of sp³-hybridized carbons (Fsp3) is 0.429. The predicted octanol–water partition coefficient (Wildman–Crippen LogP) is 3.13. The van der Waals surface area contributed by atoms with Gasteiger partial charge in [0, 0.05) is 11.7 Å². The zero-order valence-electron chi connectivity index (χ0n) is 16.3. The molecule has 28 heavy (non-hydrogen) atoms. The SMILES string of the molecule is C/C=C(\C)n1nnc(C(=O)NC2CC2)c1CCCOc1ccc(CC#N)cc1. The molecule has 0 saturated heterocycles. The van der Waals surface area contributed by atoms with Crippen LogP contribution in [0.1, 0.15) is 54.9 Å². The van der Waals surface area contributed by atoms with E-state index >= 15 is 0 Å². The minimum Gasteiger partial charge on any atom is -0.494 e. The van der Waals surface area contributed by atoms with E-state index in [0.717, 1.165) is 42.0 Å². The molecule has 1 aliphatic rings. The van der Waals surface area contributed by atoms with Gasteiger partial charge in [0.25, 0.3) is 5.91 Å². The number of nitriles is 1. The Morgan fingerprint density at radius 2 is 2.14 bits per heavy atom. The normalized spacial score (nSPS) is 13.8. The lowest BCUT2D eigenvalue weighted by molar-refractivity contribution is 0.0945. The molecule has 7 heteroatoms. The summed E-state index contributed by atoms with van der Waals surface area (Å²) in [5.74, 6) is 0.617. The van der Waals surface area contributed by atoms with Gasteiger partial charge >= 0.3 is 0 Å². The van der Waals surface area contributed by atoms with E-state index in [1.165, 1.54) is 0 Å². The van der Waals surface area contributed by atoms with Gasteiger partial charge in [-0.05, 0) is 57.2 Å². The van der Waals surface area contributed by atoms with Crippen LogP contribution < -0.4 is 10.1 Å². The highest BCUT2D eigenvalue weighted by Gasteiger charge is 2.27. The average Bonchev–Trinajstić information content (AvgIpc) is 3.41. The lowest BCUT2D eigenvalue weighted by Crippen LogP contribution is -2.27. The van der Waals surface area contributed by atoms with E-state index in [1.54, 1.807) is 4.68 Å². The smallest absolute Gasteiger partial charge is 0.273 e. The number of hydrogen-bond donors (Lipinski definition) is 1. The van der Waals surface area contributed by atoms with Crippen molar-refractivity contribution >= 4 is 11.6 Å². The average molecular weight is 379 g/mol. The molecule has 0 atom stereocenters. The number of rotatable bonds is 9. The summed E-state index contributed by atoms with van der Waals surface area (Å²) < 4.78 is 7.53. The van der Waals surface area contributed by atoms with Crippen LogP contribution in [0.3, 0.4) is 0 Å². The van der Waals surface area contributed by atoms with Crippen LogP contribution in [0.15, 0.2) is 30.3 Å². The number of benzene rings is 1. The molecule has 1 aliphatic carbocycles. The first-order chi connectivity index (χ1) is 13.6. The van der Waals surface area contributed by atoms with Gasteiger partial charge < -0.3 is 10.1 Å². The minimum absolute atomic E-state index is 0.151. The molecule has 1 amide bonds. The van der Waals surface area contributed by atoms with Crippen molar-refractivity contribution in [3.8, 4) is 11.8 Å². The molecule has 1 heterocycles. The number of amides is 1. The summed E-state index contributed by atoms with van der Waals surface area (Å²) in [6, 6.07) is 9.94. The minimum atomic E-state index is -0.151. The highest BCUT2D eigenvalue weighted by atomic mass is 16.5. The number of hydrogen-bond acceptors (Lipinski definition) is 5. The maximum absolute atomic E-state index is 12.5. The molecule has 146 valence electrons. The summed E-state index contributed by atoms with van der Waals surface area (Å²) in [7, 11) is 0. The molecule has 3 rings (SSSR count). The van der Waals surface area contributed by atoms with Crippen molar-refractivity contribution in [2.45, 2.75) is 52.0 Å². The molecule has 0 radical (unpaired) electrons. The van der Waals surface area contributed by atoms with Crippen molar-refractivity contribution in [1.82, 2.24) is 20.3 Å². The van der Waals surface area contributed by atoms with Crippen LogP contribution in [0.5, 0.6) is 5.75 Å². The van der Waals surface area contributed by atoms with Crippen LogP contribution in [0.4, 0.5) is 0 Å².